The lowest BCUT2D eigenvalue weighted by Gasteiger charge is -2.03. The van der Waals surface area contributed by atoms with E-state index >= 15 is 0 Å². The fourth-order valence-corrected chi connectivity index (χ4v) is 2.91. The molecule has 29 heavy (non-hydrogen) atoms. The second-order valence-corrected chi connectivity index (χ2v) is 6.95. The molecule has 0 N–H and O–H groups in total. The van der Waals surface area contributed by atoms with Crippen molar-refractivity contribution in [3.05, 3.63) is 88.0 Å². The zero-order valence-electron chi connectivity index (χ0n) is 15.0. The van der Waals surface area contributed by atoms with E-state index in [9.17, 15) is 4.79 Å². The van der Waals surface area contributed by atoms with E-state index in [1.807, 2.05) is 18.2 Å². The summed E-state index contributed by atoms with van der Waals surface area (Å²) in [6.07, 6.45) is 3.03. The van der Waals surface area contributed by atoms with Crippen LogP contribution in [-0.4, -0.2) is 25.9 Å². The van der Waals surface area contributed by atoms with E-state index < -0.39 is 5.97 Å². The van der Waals surface area contributed by atoms with Gasteiger partial charge in [-0.1, -0.05) is 41.4 Å². The van der Waals surface area contributed by atoms with Crippen molar-refractivity contribution in [2.24, 2.45) is 0 Å². The molecular weight excluding hydrogens is 415 g/mol. The smallest absolute Gasteiger partial charge is 0.341 e. The number of hydrogen-bond donors (Lipinski definition) is 0. The molecule has 0 aliphatic rings. The van der Waals surface area contributed by atoms with Gasteiger partial charge in [0.25, 0.3) is 5.89 Å². The number of nitrogens with zero attached hydrogens (tertiary/aromatic N) is 4. The summed E-state index contributed by atoms with van der Waals surface area (Å²) in [5, 5.41) is 13.3. The first kappa shape index (κ1) is 19.2. The number of rotatable bonds is 6. The van der Waals surface area contributed by atoms with Crippen LogP contribution in [-0.2, 0) is 17.9 Å². The van der Waals surface area contributed by atoms with Crippen LogP contribution in [0.25, 0.3) is 11.5 Å². The molecule has 7 nitrogen and oxygen atoms in total. The van der Waals surface area contributed by atoms with Gasteiger partial charge < -0.3 is 9.15 Å². The van der Waals surface area contributed by atoms with Gasteiger partial charge in [-0.25, -0.2) is 4.79 Å². The summed E-state index contributed by atoms with van der Waals surface area (Å²) in [6.45, 7) is 0.302. The van der Waals surface area contributed by atoms with Gasteiger partial charge in [-0.15, -0.1) is 10.2 Å². The molecule has 0 aliphatic carbocycles. The summed E-state index contributed by atoms with van der Waals surface area (Å²) >= 11 is 12.0. The first-order valence-corrected chi connectivity index (χ1v) is 9.35. The van der Waals surface area contributed by atoms with Crippen LogP contribution in [0.3, 0.4) is 0 Å². The molecule has 4 aromatic rings. The molecule has 0 saturated heterocycles. The SMILES string of the molecule is O=C(OCc1nnc(-c2ccc(Cl)cc2)o1)c1cnn(Cc2ccccc2Cl)c1. The van der Waals surface area contributed by atoms with Gasteiger partial charge in [-0.2, -0.15) is 5.10 Å². The molecule has 146 valence electrons. The highest BCUT2D eigenvalue weighted by molar-refractivity contribution is 6.31. The highest BCUT2D eigenvalue weighted by atomic mass is 35.5. The van der Waals surface area contributed by atoms with Crippen LogP contribution < -0.4 is 0 Å². The Morgan fingerprint density at radius 1 is 1.07 bits per heavy atom. The lowest BCUT2D eigenvalue weighted by Crippen LogP contribution is -2.05. The number of carbonyl (C=O) groups is 1. The molecule has 4 rings (SSSR count). The Balaban J connectivity index is 1.36. The molecule has 9 heteroatoms. The maximum Gasteiger partial charge on any atom is 0.341 e. The normalized spacial score (nSPS) is 10.8. The third-order valence-corrected chi connectivity index (χ3v) is 4.66. The van der Waals surface area contributed by atoms with Crippen molar-refractivity contribution in [3.8, 4) is 11.5 Å². The zero-order chi connectivity index (χ0) is 20.2. The topological polar surface area (TPSA) is 83.0 Å². The summed E-state index contributed by atoms with van der Waals surface area (Å²) in [5.74, 6) is -0.0336. The fraction of sp³-hybridized carbons (Fsp3) is 0.100. The number of hydrogen-bond acceptors (Lipinski definition) is 6. The van der Waals surface area contributed by atoms with Crippen molar-refractivity contribution < 1.29 is 13.9 Å². The molecule has 2 aromatic carbocycles. The van der Waals surface area contributed by atoms with E-state index in [1.165, 1.54) is 6.20 Å². The van der Waals surface area contributed by atoms with E-state index in [-0.39, 0.29) is 12.5 Å². The molecule has 0 spiro atoms. The Bertz CT molecular complexity index is 1140. The minimum Gasteiger partial charge on any atom is -0.452 e. The van der Waals surface area contributed by atoms with Crippen LogP contribution >= 0.6 is 23.2 Å². The second kappa shape index (κ2) is 8.46. The first-order valence-electron chi connectivity index (χ1n) is 8.60. The third kappa shape index (κ3) is 4.64. The molecule has 0 aliphatic heterocycles. The maximum atomic E-state index is 12.3. The van der Waals surface area contributed by atoms with Crippen molar-refractivity contribution in [2.45, 2.75) is 13.2 Å². The van der Waals surface area contributed by atoms with Gasteiger partial charge in [0.05, 0.1) is 18.3 Å². The van der Waals surface area contributed by atoms with Crippen molar-refractivity contribution in [2.75, 3.05) is 0 Å². The van der Waals surface area contributed by atoms with Gasteiger partial charge in [0.1, 0.15) is 0 Å². The van der Waals surface area contributed by atoms with E-state index in [1.54, 1.807) is 41.2 Å². The van der Waals surface area contributed by atoms with Gasteiger partial charge in [-0.05, 0) is 35.9 Å². The van der Waals surface area contributed by atoms with Crippen LogP contribution in [0.5, 0.6) is 0 Å². The summed E-state index contributed by atoms with van der Waals surface area (Å²) in [6, 6.07) is 14.4. The Morgan fingerprint density at radius 2 is 1.86 bits per heavy atom. The van der Waals surface area contributed by atoms with Gasteiger partial charge in [0, 0.05) is 21.8 Å². The fourth-order valence-electron chi connectivity index (χ4n) is 2.59. The quantitative estimate of drug-likeness (QED) is 0.415. The van der Waals surface area contributed by atoms with Crippen molar-refractivity contribution in [1.29, 1.82) is 0 Å². The number of carbonyl (C=O) groups excluding carboxylic acids is 1. The summed E-state index contributed by atoms with van der Waals surface area (Å²) in [7, 11) is 0. The van der Waals surface area contributed by atoms with E-state index in [0.717, 1.165) is 11.1 Å². The third-order valence-electron chi connectivity index (χ3n) is 4.04. The highest BCUT2D eigenvalue weighted by Crippen LogP contribution is 2.20. The van der Waals surface area contributed by atoms with E-state index in [0.29, 0.717) is 28.0 Å². The van der Waals surface area contributed by atoms with Gasteiger partial charge >= 0.3 is 5.97 Å². The van der Waals surface area contributed by atoms with Crippen molar-refractivity contribution in [3.63, 3.8) is 0 Å². The molecule has 0 fully saturated rings. The van der Waals surface area contributed by atoms with Crippen molar-refractivity contribution in [1.82, 2.24) is 20.0 Å². The second-order valence-electron chi connectivity index (χ2n) is 6.10. The first-order chi connectivity index (χ1) is 14.1. The molecule has 0 bridgehead atoms. The molecule has 0 radical (unpaired) electrons. The Labute approximate surface area is 175 Å². The van der Waals surface area contributed by atoms with Crippen LogP contribution in [0.4, 0.5) is 0 Å². The average Bonchev–Trinajstić information content (AvgIpc) is 3.38. The average molecular weight is 429 g/mol. The Morgan fingerprint density at radius 3 is 2.66 bits per heavy atom. The molecule has 2 heterocycles. The molecule has 0 atom stereocenters. The Kier molecular flexibility index (Phi) is 5.59. The summed E-state index contributed by atoms with van der Waals surface area (Å²) in [5.41, 5.74) is 1.94. The monoisotopic (exact) mass is 428 g/mol. The van der Waals surface area contributed by atoms with Crippen LogP contribution in [0, 0.1) is 0 Å². The lowest BCUT2D eigenvalue weighted by molar-refractivity contribution is 0.0438. The number of ether oxygens (including phenoxy) is 1. The van der Waals surface area contributed by atoms with E-state index in [4.69, 9.17) is 32.4 Å². The number of aromatic nitrogens is 4. The summed E-state index contributed by atoms with van der Waals surface area (Å²) < 4.78 is 12.4. The maximum absolute atomic E-state index is 12.3. The summed E-state index contributed by atoms with van der Waals surface area (Å²) in [4.78, 5) is 12.3. The van der Waals surface area contributed by atoms with Gasteiger partial charge in [0.15, 0.2) is 6.61 Å². The van der Waals surface area contributed by atoms with Crippen LogP contribution in [0.2, 0.25) is 10.0 Å². The predicted octanol–water partition coefficient (Wildman–Crippen LogP) is 4.65. The molecule has 0 amide bonds. The molecule has 0 unspecified atom stereocenters. The molecule has 0 saturated carbocycles. The number of esters is 1. The van der Waals surface area contributed by atoms with Crippen LogP contribution in [0.1, 0.15) is 21.8 Å². The zero-order valence-corrected chi connectivity index (χ0v) is 16.5. The number of halogens is 2. The van der Waals surface area contributed by atoms with Crippen LogP contribution in [0.15, 0.2) is 65.3 Å². The van der Waals surface area contributed by atoms with Gasteiger partial charge in [0.2, 0.25) is 5.89 Å². The highest BCUT2D eigenvalue weighted by Gasteiger charge is 2.14. The molecule has 2 aromatic heterocycles. The number of benzene rings is 2. The van der Waals surface area contributed by atoms with Crippen molar-refractivity contribution >= 4 is 29.2 Å². The van der Waals surface area contributed by atoms with E-state index in [2.05, 4.69) is 15.3 Å². The lowest BCUT2D eigenvalue weighted by atomic mass is 10.2. The van der Waals surface area contributed by atoms with Gasteiger partial charge in [-0.3, -0.25) is 4.68 Å². The largest absolute Gasteiger partial charge is 0.452 e. The predicted molar refractivity (Wildman–Crippen MR) is 107 cm³/mol. The Hall–Kier alpha value is -3.16. The standard InChI is InChI=1S/C20H14Cl2N4O3/c21-16-7-5-13(6-8-16)19-25-24-18(29-19)12-28-20(27)15-9-23-26(11-15)10-14-3-1-2-4-17(14)22/h1-9,11H,10,12H2. The minimum absolute atomic E-state index is 0.144. The minimum atomic E-state index is -0.540. The molecular formula is C20H14Cl2N4O3.